The molecule has 1 fully saturated rings. The Hall–Kier alpha value is -0.561. The molecule has 1 saturated heterocycles. The van der Waals surface area contributed by atoms with Gasteiger partial charge in [-0.1, -0.05) is 6.42 Å². The Labute approximate surface area is 123 Å². The maximum absolute atomic E-state index is 2.99. The number of piperidine rings is 1. The van der Waals surface area contributed by atoms with E-state index in [1.165, 1.54) is 32.4 Å². The molecule has 18 heavy (non-hydrogen) atoms. The molecule has 1 heterocycles. The van der Waals surface area contributed by atoms with Crippen LogP contribution in [0.25, 0.3) is 0 Å². The maximum Gasteiger partial charge on any atom is 2.00 e. The molecule has 2 aliphatic carbocycles. The van der Waals surface area contributed by atoms with E-state index in [2.05, 4.69) is 36.3 Å². The molecule has 0 N–H and O–H groups in total. The molecule has 2 heteroatoms. The van der Waals surface area contributed by atoms with Crippen molar-refractivity contribution in [2.75, 3.05) is 20.1 Å². The van der Waals surface area contributed by atoms with Crippen LogP contribution in [0.2, 0.25) is 0 Å². The molecule has 0 amide bonds. The molecule has 0 radical (unpaired) electrons. The summed E-state index contributed by atoms with van der Waals surface area (Å²) in [6, 6.07) is 0. The zero-order valence-electron chi connectivity index (χ0n) is 11.2. The molecule has 0 aromatic carbocycles. The van der Waals surface area contributed by atoms with Gasteiger partial charge in [0.05, 0.1) is 0 Å². The molecule has 0 bridgehead atoms. The number of likely N-dealkylation sites (tertiary alicyclic amines) is 1. The molecule has 0 aromatic rings. The molecule has 3 rings (SSSR count). The van der Waals surface area contributed by atoms with Gasteiger partial charge in [0, 0.05) is 0 Å². The number of rotatable bonds is 0. The quantitative estimate of drug-likeness (QED) is 0.484. The van der Waals surface area contributed by atoms with E-state index in [-0.39, 0.29) is 17.1 Å². The van der Waals surface area contributed by atoms with E-state index in [1.807, 2.05) is 24.3 Å². The summed E-state index contributed by atoms with van der Waals surface area (Å²) in [7, 11) is 2.19. The minimum absolute atomic E-state index is 0. The third kappa shape index (κ3) is 10.6. The molecule has 1 nitrogen and oxygen atoms in total. The topological polar surface area (TPSA) is 3.24 Å². The van der Waals surface area contributed by atoms with Crippen molar-refractivity contribution in [3.05, 3.63) is 48.6 Å². The second-order valence-corrected chi connectivity index (χ2v) is 4.37. The molecule has 3 aliphatic rings. The van der Waals surface area contributed by atoms with Gasteiger partial charge in [-0.3, -0.25) is 12.2 Å². The fourth-order valence-electron chi connectivity index (χ4n) is 1.73. The van der Waals surface area contributed by atoms with Crippen LogP contribution in [0, 0.1) is 12.2 Å². The molecule has 0 unspecified atom stereocenters. The molecule has 0 saturated carbocycles. The first-order valence-corrected chi connectivity index (χ1v) is 6.51. The summed E-state index contributed by atoms with van der Waals surface area (Å²) in [6.07, 6.45) is 24.3. The van der Waals surface area contributed by atoms with Gasteiger partial charge in [-0.25, -0.2) is 24.3 Å². The van der Waals surface area contributed by atoms with E-state index in [0.29, 0.717) is 0 Å². The van der Waals surface area contributed by atoms with Gasteiger partial charge < -0.3 is 4.90 Å². The predicted molar refractivity (Wildman–Crippen MR) is 74.5 cm³/mol. The molecule has 0 aromatic heterocycles. The largest absolute Gasteiger partial charge is 2.00 e. The van der Waals surface area contributed by atoms with Crippen LogP contribution in [0.15, 0.2) is 36.5 Å². The smallest absolute Gasteiger partial charge is 0.306 e. The SMILES string of the molecule is CN1CCCCC1.[C-]1=CC=CC1.[C-]1=CC=CC1.[Fe+2]. The fourth-order valence-corrected chi connectivity index (χ4v) is 1.73. The Morgan fingerprint density at radius 3 is 1.50 bits per heavy atom. The summed E-state index contributed by atoms with van der Waals surface area (Å²) in [6.45, 7) is 2.64. The summed E-state index contributed by atoms with van der Waals surface area (Å²) in [5.41, 5.74) is 0. The first kappa shape index (κ1) is 17.4. The van der Waals surface area contributed by atoms with Crippen LogP contribution in [0.1, 0.15) is 32.1 Å². The molecule has 100 valence electrons. The number of nitrogens with zero attached hydrogens (tertiary/aromatic N) is 1. The van der Waals surface area contributed by atoms with Gasteiger partial charge in [-0.05, 0) is 33.0 Å². The van der Waals surface area contributed by atoms with Crippen LogP contribution in [-0.4, -0.2) is 25.0 Å². The maximum atomic E-state index is 2.99. The van der Waals surface area contributed by atoms with Crippen molar-refractivity contribution in [2.24, 2.45) is 0 Å². The van der Waals surface area contributed by atoms with Gasteiger partial charge >= 0.3 is 17.1 Å². The van der Waals surface area contributed by atoms with Crippen molar-refractivity contribution < 1.29 is 17.1 Å². The van der Waals surface area contributed by atoms with Crippen LogP contribution >= 0.6 is 0 Å². The third-order valence-electron chi connectivity index (χ3n) is 2.75. The normalized spacial score (nSPS) is 19.6. The molecule has 0 atom stereocenters. The van der Waals surface area contributed by atoms with E-state index in [9.17, 15) is 0 Å². The summed E-state index contributed by atoms with van der Waals surface area (Å²) < 4.78 is 0. The van der Waals surface area contributed by atoms with Crippen molar-refractivity contribution in [1.29, 1.82) is 0 Å². The molecule has 1 aliphatic heterocycles. The van der Waals surface area contributed by atoms with Crippen LogP contribution in [0.5, 0.6) is 0 Å². The van der Waals surface area contributed by atoms with Crippen LogP contribution in [0.3, 0.4) is 0 Å². The first-order valence-electron chi connectivity index (χ1n) is 6.51. The number of hydrogen-bond acceptors (Lipinski definition) is 1. The van der Waals surface area contributed by atoms with Crippen LogP contribution in [-0.2, 0) is 17.1 Å². The zero-order valence-corrected chi connectivity index (χ0v) is 12.3. The standard InChI is InChI=1S/C6H13N.2C5H5.Fe/c1-7-5-3-2-4-6-7;2*1-2-4-5-3-1;/h2-6H2,1H3;2*1-3H,4H2;/q;2*-1;+2. The van der Waals surface area contributed by atoms with Crippen molar-refractivity contribution in [2.45, 2.75) is 32.1 Å². The Morgan fingerprint density at radius 2 is 1.33 bits per heavy atom. The summed E-state index contributed by atoms with van der Waals surface area (Å²) in [4.78, 5) is 2.39. The van der Waals surface area contributed by atoms with Crippen molar-refractivity contribution in [1.82, 2.24) is 4.90 Å². The van der Waals surface area contributed by atoms with Gasteiger partial charge in [0.1, 0.15) is 0 Å². The predicted octanol–water partition coefficient (Wildman–Crippen LogP) is 3.71. The van der Waals surface area contributed by atoms with Gasteiger partial charge in [-0.2, -0.15) is 12.2 Å². The fraction of sp³-hybridized carbons (Fsp3) is 0.500. The second-order valence-electron chi connectivity index (χ2n) is 4.37. The Balaban J connectivity index is 0.000000239. The first-order chi connectivity index (χ1) is 8.39. The minimum atomic E-state index is 0. The second kappa shape index (κ2) is 12.9. The minimum Gasteiger partial charge on any atom is -0.306 e. The molecular weight excluding hydrogens is 262 g/mol. The van der Waals surface area contributed by atoms with Crippen molar-refractivity contribution in [3.8, 4) is 0 Å². The molecular formula is C16H23FeN. The van der Waals surface area contributed by atoms with E-state index < -0.39 is 0 Å². The number of hydrogen-bond donors (Lipinski definition) is 0. The average molecular weight is 285 g/mol. The van der Waals surface area contributed by atoms with E-state index >= 15 is 0 Å². The molecule has 0 spiro atoms. The summed E-state index contributed by atoms with van der Waals surface area (Å²) >= 11 is 0. The average Bonchev–Trinajstić information content (AvgIpc) is 3.09. The van der Waals surface area contributed by atoms with E-state index in [1.54, 1.807) is 0 Å². The Bertz CT molecular complexity index is 241. The van der Waals surface area contributed by atoms with Gasteiger partial charge in [-0.15, -0.1) is 12.8 Å². The summed E-state index contributed by atoms with van der Waals surface area (Å²) in [5.74, 6) is 0. The zero-order chi connectivity index (χ0) is 12.2. The van der Waals surface area contributed by atoms with Crippen molar-refractivity contribution >= 4 is 0 Å². The Kier molecular flexibility index (Phi) is 12.5. The van der Waals surface area contributed by atoms with Crippen LogP contribution in [0.4, 0.5) is 0 Å². The third-order valence-corrected chi connectivity index (χ3v) is 2.75. The van der Waals surface area contributed by atoms with Gasteiger partial charge in [0.2, 0.25) is 0 Å². The monoisotopic (exact) mass is 285 g/mol. The van der Waals surface area contributed by atoms with E-state index in [4.69, 9.17) is 0 Å². The van der Waals surface area contributed by atoms with Gasteiger partial charge in [0.15, 0.2) is 0 Å². The number of allylic oxidation sites excluding steroid dienone is 8. The van der Waals surface area contributed by atoms with E-state index in [0.717, 1.165) is 12.8 Å². The van der Waals surface area contributed by atoms with Gasteiger partial charge in [0.25, 0.3) is 0 Å². The Morgan fingerprint density at radius 1 is 0.833 bits per heavy atom. The summed E-state index contributed by atoms with van der Waals surface area (Å²) in [5, 5.41) is 0. The van der Waals surface area contributed by atoms with Crippen molar-refractivity contribution in [3.63, 3.8) is 0 Å². The van der Waals surface area contributed by atoms with Crippen LogP contribution < -0.4 is 0 Å².